The predicted molar refractivity (Wildman–Crippen MR) is 90.1 cm³/mol. The molecule has 0 heterocycles. The number of ether oxygens (including phenoxy) is 1. The third-order valence-corrected chi connectivity index (χ3v) is 3.50. The van der Waals surface area contributed by atoms with Crippen LogP contribution in [0.4, 0.5) is 0 Å². The molecule has 2 aromatic rings. The number of hydrogen-bond acceptors (Lipinski definition) is 3. The number of phenols is 2. The van der Waals surface area contributed by atoms with E-state index in [1.165, 1.54) is 6.07 Å². The van der Waals surface area contributed by atoms with Crippen LogP contribution in [0.1, 0.15) is 38.3 Å². The standard InChI is InChI=1S/C19H22O3/c1-4-19(2,3)22-18-7-5-6-14(12-18)8-9-15-10-16(20)13-17(21)11-15/h5-13,20-21H,4H2,1-3H3. The minimum Gasteiger partial charge on any atom is -0.508 e. The van der Waals surface area contributed by atoms with E-state index in [1.54, 1.807) is 12.1 Å². The second-order valence-electron chi connectivity index (χ2n) is 5.90. The Morgan fingerprint density at radius 1 is 0.955 bits per heavy atom. The fraction of sp³-hybridized carbons (Fsp3) is 0.263. The topological polar surface area (TPSA) is 49.7 Å². The highest BCUT2D eigenvalue weighted by Crippen LogP contribution is 2.24. The fourth-order valence-corrected chi connectivity index (χ4v) is 1.98. The SMILES string of the molecule is CCC(C)(C)Oc1cccc(C=Cc2cc(O)cc(O)c2)c1. The smallest absolute Gasteiger partial charge is 0.120 e. The molecule has 0 radical (unpaired) electrons. The zero-order valence-electron chi connectivity index (χ0n) is 13.2. The summed E-state index contributed by atoms with van der Waals surface area (Å²) in [5.41, 5.74) is 1.53. The van der Waals surface area contributed by atoms with Gasteiger partial charge in [0.25, 0.3) is 0 Å². The predicted octanol–water partition coefficient (Wildman–Crippen LogP) is 4.84. The van der Waals surface area contributed by atoms with E-state index >= 15 is 0 Å². The molecule has 22 heavy (non-hydrogen) atoms. The van der Waals surface area contributed by atoms with Gasteiger partial charge in [-0.1, -0.05) is 31.2 Å². The second-order valence-corrected chi connectivity index (χ2v) is 5.90. The average molecular weight is 298 g/mol. The quantitative estimate of drug-likeness (QED) is 0.777. The summed E-state index contributed by atoms with van der Waals surface area (Å²) in [5, 5.41) is 19.0. The molecule has 2 aromatic carbocycles. The number of benzene rings is 2. The zero-order chi connectivity index (χ0) is 16.2. The molecule has 0 bridgehead atoms. The minimum absolute atomic E-state index is 0.0430. The molecule has 0 unspecified atom stereocenters. The summed E-state index contributed by atoms with van der Waals surface area (Å²) in [6.45, 7) is 6.22. The van der Waals surface area contributed by atoms with Crippen LogP contribution in [0.2, 0.25) is 0 Å². The van der Waals surface area contributed by atoms with Gasteiger partial charge in [0.05, 0.1) is 0 Å². The molecule has 2 N–H and O–H groups in total. The van der Waals surface area contributed by atoms with Gasteiger partial charge in [-0.05, 0) is 55.7 Å². The van der Waals surface area contributed by atoms with Crippen LogP contribution >= 0.6 is 0 Å². The van der Waals surface area contributed by atoms with Crippen LogP contribution in [0, 0.1) is 0 Å². The van der Waals surface area contributed by atoms with Gasteiger partial charge in [-0.2, -0.15) is 0 Å². The number of phenolic OH excluding ortho intramolecular Hbond substituents is 2. The Balaban J connectivity index is 2.18. The van der Waals surface area contributed by atoms with Crippen LogP contribution in [0.25, 0.3) is 12.2 Å². The lowest BCUT2D eigenvalue weighted by Crippen LogP contribution is -2.26. The van der Waals surface area contributed by atoms with Crippen molar-refractivity contribution >= 4 is 12.2 Å². The largest absolute Gasteiger partial charge is 0.508 e. The van der Waals surface area contributed by atoms with Crippen molar-refractivity contribution < 1.29 is 14.9 Å². The van der Waals surface area contributed by atoms with E-state index in [0.717, 1.165) is 23.3 Å². The summed E-state index contributed by atoms with van der Waals surface area (Å²) in [6.07, 6.45) is 4.68. The number of aromatic hydroxyl groups is 2. The van der Waals surface area contributed by atoms with Gasteiger partial charge in [0.2, 0.25) is 0 Å². The van der Waals surface area contributed by atoms with Crippen molar-refractivity contribution in [1.82, 2.24) is 0 Å². The van der Waals surface area contributed by atoms with Crippen molar-refractivity contribution in [3.8, 4) is 17.2 Å². The Labute approximate surface area is 131 Å². The van der Waals surface area contributed by atoms with Crippen LogP contribution in [0.15, 0.2) is 42.5 Å². The highest BCUT2D eigenvalue weighted by molar-refractivity contribution is 5.71. The summed E-state index contributed by atoms with van der Waals surface area (Å²) >= 11 is 0. The molecule has 2 rings (SSSR count). The minimum atomic E-state index is -0.195. The maximum absolute atomic E-state index is 9.48. The Morgan fingerprint density at radius 3 is 2.23 bits per heavy atom. The second kappa shape index (κ2) is 6.56. The summed E-state index contributed by atoms with van der Waals surface area (Å²) in [6, 6.07) is 12.3. The molecule has 0 aliphatic heterocycles. The third kappa shape index (κ3) is 4.55. The first kappa shape index (κ1) is 16.0. The van der Waals surface area contributed by atoms with Crippen LogP contribution < -0.4 is 4.74 Å². The van der Waals surface area contributed by atoms with E-state index in [0.29, 0.717) is 0 Å². The molecule has 0 aliphatic rings. The van der Waals surface area contributed by atoms with Crippen LogP contribution in [0.5, 0.6) is 17.2 Å². The lowest BCUT2D eigenvalue weighted by molar-refractivity contribution is 0.105. The van der Waals surface area contributed by atoms with Gasteiger partial charge in [0.15, 0.2) is 0 Å². The van der Waals surface area contributed by atoms with Crippen molar-refractivity contribution in [2.24, 2.45) is 0 Å². The monoisotopic (exact) mass is 298 g/mol. The van der Waals surface area contributed by atoms with Gasteiger partial charge in [0.1, 0.15) is 22.8 Å². The first-order valence-corrected chi connectivity index (χ1v) is 7.38. The molecular weight excluding hydrogens is 276 g/mol. The number of rotatable bonds is 5. The Bertz CT molecular complexity index is 652. The fourth-order valence-electron chi connectivity index (χ4n) is 1.98. The molecule has 0 atom stereocenters. The van der Waals surface area contributed by atoms with Crippen molar-refractivity contribution in [3.05, 3.63) is 53.6 Å². The van der Waals surface area contributed by atoms with E-state index in [4.69, 9.17) is 4.74 Å². The summed E-state index contributed by atoms with van der Waals surface area (Å²) in [5.74, 6) is 0.913. The molecule has 0 aromatic heterocycles. The number of hydrogen-bond donors (Lipinski definition) is 2. The Kier molecular flexibility index (Phi) is 4.76. The highest BCUT2D eigenvalue weighted by atomic mass is 16.5. The maximum atomic E-state index is 9.48. The average Bonchev–Trinajstić information content (AvgIpc) is 2.44. The highest BCUT2D eigenvalue weighted by Gasteiger charge is 2.16. The van der Waals surface area contributed by atoms with Crippen molar-refractivity contribution in [1.29, 1.82) is 0 Å². The maximum Gasteiger partial charge on any atom is 0.120 e. The summed E-state index contributed by atoms with van der Waals surface area (Å²) in [4.78, 5) is 0. The molecule has 0 spiro atoms. The van der Waals surface area contributed by atoms with Crippen LogP contribution in [-0.2, 0) is 0 Å². The molecular formula is C19H22O3. The molecule has 0 amide bonds. The lowest BCUT2D eigenvalue weighted by Gasteiger charge is -2.25. The van der Waals surface area contributed by atoms with Gasteiger partial charge in [-0.15, -0.1) is 0 Å². The zero-order valence-corrected chi connectivity index (χ0v) is 13.2. The molecule has 116 valence electrons. The molecule has 0 aliphatic carbocycles. The molecule has 0 fully saturated rings. The van der Waals surface area contributed by atoms with E-state index in [-0.39, 0.29) is 17.1 Å². The molecule has 3 nitrogen and oxygen atoms in total. The third-order valence-electron chi connectivity index (χ3n) is 3.50. The van der Waals surface area contributed by atoms with Gasteiger partial charge < -0.3 is 14.9 Å². The van der Waals surface area contributed by atoms with E-state index in [9.17, 15) is 10.2 Å². The molecule has 0 saturated heterocycles. The van der Waals surface area contributed by atoms with Gasteiger partial charge in [-0.25, -0.2) is 0 Å². The van der Waals surface area contributed by atoms with E-state index in [2.05, 4.69) is 20.8 Å². The first-order valence-electron chi connectivity index (χ1n) is 7.38. The summed E-state index contributed by atoms with van der Waals surface area (Å²) < 4.78 is 5.97. The van der Waals surface area contributed by atoms with Crippen LogP contribution in [0.3, 0.4) is 0 Å². The van der Waals surface area contributed by atoms with Crippen molar-refractivity contribution in [2.45, 2.75) is 32.8 Å². The van der Waals surface area contributed by atoms with Crippen molar-refractivity contribution in [2.75, 3.05) is 0 Å². The van der Waals surface area contributed by atoms with E-state index in [1.807, 2.05) is 36.4 Å². The summed E-state index contributed by atoms with van der Waals surface area (Å²) in [7, 11) is 0. The lowest BCUT2D eigenvalue weighted by atomic mass is 10.1. The molecule has 3 heteroatoms. The molecule has 0 saturated carbocycles. The van der Waals surface area contributed by atoms with Gasteiger partial charge >= 0.3 is 0 Å². The normalized spacial score (nSPS) is 11.8. The van der Waals surface area contributed by atoms with Crippen molar-refractivity contribution in [3.63, 3.8) is 0 Å². The van der Waals surface area contributed by atoms with Gasteiger partial charge in [0, 0.05) is 6.07 Å². The Morgan fingerprint density at radius 2 is 1.59 bits per heavy atom. The van der Waals surface area contributed by atoms with Crippen LogP contribution in [-0.4, -0.2) is 15.8 Å². The van der Waals surface area contributed by atoms with E-state index < -0.39 is 0 Å². The first-order chi connectivity index (χ1) is 10.4. The van der Waals surface area contributed by atoms with Gasteiger partial charge in [-0.3, -0.25) is 0 Å². The Hall–Kier alpha value is -2.42.